The minimum Gasteiger partial charge on any atom is -0.496 e. The summed E-state index contributed by atoms with van der Waals surface area (Å²) in [6, 6.07) is 12.3. The molecule has 10 heteroatoms. The van der Waals surface area contributed by atoms with Gasteiger partial charge in [0.15, 0.2) is 12.3 Å². The molecule has 0 saturated carbocycles. The number of aromatic amines is 1. The van der Waals surface area contributed by atoms with E-state index in [2.05, 4.69) is 4.98 Å². The number of carbonyl (C=O) groups excluding carboxylic acids is 1. The van der Waals surface area contributed by atoms with Crippen molar-refractivity contribution in [2.75, 3.05) is 24.4 Å². The van der Waals surface area contributed by atoms with Gasteiger partial charge in [-0.25, -0.2) is 9.18 Å². The van der Waals surface area contributed by atoms with E-state index in [1.807, 2.05) is 6.92 Å². The number of hydrogen-bond acceptors (Lipinski definition) is 6. The summed E-state index contributed by atoms with van der Waals surface area (Å²) in [5, 5.41) is 0. The lowest BCUT2D eigenvalue weighted by Gasteiger charge is -2.25. The van der Waals surface area contributed by atoms with Crippen molar-refractivity contribution >= 4 is 17.4 Å². The second-order valence-corrected chi connectivity index (χ2v) is 7.54. The predicted octanol–water partition coefficient (Wildman–Crippen LogP) is 2.68. The summed E-state index contributed by atoms with van der Waals surface area (Å²) >= 11 is 0. The van der Waals surface area contributed by atoms with E-state index in [1.54, 1.807) is 24.3 Å². The average molecular weight is 471 g/mol. The maximum absolute atomic E-state index is 13.5. The van der Waals surface area contributed by atoms with Crippen LogP contribution in [0.25, 0.3) is 0 Å². The van der Waals surface area contributed by atoms with E-state index in [4.69, 9.17) is 15.2 Å². The number of hydrogen-bond donors (Lipinski definition) is 2. The Balaban J connectivity index is 2.03. The van der Waals surface area contributed by atoms with E-state index in [-0.39, 0.29) is 30.3 Å². The fraction of sp³-hybridized carbons (Fsp3) is 0.292. The number of halogens is 1. The number of nitrogens with zero attached hydrogens (tertiary/aromatic N) is 2. The Kier molecular flexibility index (Phi) is 8.07. The van der Waals surface area contributed by atoms with E-state index < -0.39 is 29.6 Å². The van der Waals surface area contributed by atoms with Gasteiger partial charge >= 0.3 is 5.69 Å². The molecule has 0 fully saturated rings. The van der Waals surface area contributed by atoms with Crippen molar-refractivity contribution in [1.29, 1.82) is 0 Å². The van der Waals surface area contributed by atoms with Crippen LogP contribution in [-0.2, 0) is 17.9 Å². The normalized spacial score (nSPS) is 10.7. The van der Waals surface area contributed by atoms with Crippen molar-refractivity contribution in [2.45, 2.75) is 32.9 Å². The predicted molar refractivity (Wildman–Crippen MR) is 127 cm³/mol. The molecule has 0 spiro atoms. The third kappa shape index (κ3) is 5.64. The van der Waals surface area contributed by atoms with E-state index in [0.29, 0.717) is 17.7 Å². The molecule has 0 aliphatic heterocycles. The number of amides is 1. The Labute approximate surface area is 195 Å². The van der Waals surface area contributed by atoms with Gasteiger partial charge in [0.2, 0.25) is 0 Å². The summed E-state index contributed by atoms with van der Waals surface area (Å²) in [4.78, 5) is 41.9. The van der Waals surface area contributed by atoms with Crippen LogP contribution in [0.1, 0.15) is 25.3 Å². The van der Waals surface area contributed by atoms with Crippen molar-refractivity contribution in [1.82, 2.24) is 9.55 Å². The lowest BCUT2D eigenvalue weighted by molar-refractivity contribution is -0.120. The van der Waals surface area contributed by atoms with Crippen molar-refractivity contribution in [3.05, 3.63) is 80.7 Å². The number of benzene rings is 2. The van der Waals surface area contributed by atoms with Crippen LogP contribution in [0.4, 0.5) is 15.9 Å². The maximum Gasteiger partial charge on any atom is 0.330 e. The molecule has 0 aliphatic carbocycles. The highest BCUT2D eigenvalue weighted by Gasteiger charge is 2.26. The highest BCUT2D eigenvalue weighted by molar-refractivity contribution is 5.96. The number of anilines is 2. The Bertz CT molecular complexity index is 1270. The molecule has 2 aromatic carbocycles. The van der Waals surface area contributed by atoms with Gasteiger partial charge in [0.1, 0.15) is 23.1 Å². The smallest absolute Gasteiger partial charge is 0.330 e. The first-order valence-corrected chi connectivity index (χ1v) is 10.8. The van der Waals surface area contributed by atoms with Crippen LogP contribution in [0.2, 0.25) is 0 Å². The Hall–Kier alpha value is -4.08. The number of ether oxygens (including phenoxy) is 2. The molecule has 3 aromatic rings. The molecule has 3 N–H and O–H groups in total. The van der Waals surface area contributed by atoms with Gasteiger partial charge in [-0.05, 0) is 24.6 Å². The summed E-state index contributed by atoms with van der Waals surface area (Å²) < 4.78 is 25.6. The first-order chi connectivity index (χ1) is 16.3. The molecular weight excluding hydrogens is 443 g/mol. The molecule has 0 aliphatic rings. The van der Waals surface area contributed by atoms with Crippen LogP contribution >= 0.6 is 0 Å². The molecule has 0 unspecified atom stereocenters. The van der Waals surface area contributed by atoms with Gasteiger partial charge in [-0.15, -0.1) is 0 Å². The number of nitrogen functional groups attached to an aromatic ring is 1. The number of unbranched alkanes of at least 4 members (excludes halogenated alkanes) is 1. The molecule has 0 radical (unpaired) electrons. The molecule has 1 amide bonds. The minimum absolute atomic E-state index is 0.0748. The van der Waals surface area contributed by atoms with Gasteiger partial charge < -0.3 is 15.2 Å². The van der Waals surface area contributed by atoms with Gasteiger partial charge in [0.25, 0.3) is 11.5 Å². The number of rotatable bonds is 10. The van der Waals surface area contributed by atoms with Crippen molar-refractivity contribution in [2.24, 2.45) is 0 Å². The van der Waals surface area contributed by atoms with Crippen LogP contribution in [0.5, 0.6) is 11.5 Å². The number of para-hydroxylation sites is 1. The van der Waals surface area contributed by atoms with Crippen LogP contribution < -0.4 is 31.4 Å². The molecule has 180 valence electrons. The molecule has 3 rings (SSSR count). The summed E-state index contributed by atoms with van der Waals surface area (Å²) in [6.07, 6.45) is 1.45. The third-order valence-electron chi connectivity index (χ3n) is 5.20. The van der Waals surface area contributed by atoms with Gasteiger partial charge in [0.05, 0.1) is 13.7 Å². The fourth-order valence-electron chi connectivity index (χ4n) is 3.45. The quantitative estimate of drug-likeness (QED) is 0.470. The lowest BCUT2D eigenvalue weighted by Crippen LogP contribution is -2.42. The average Bonchev–Trinajstić information content (AvgIpc) is 2.82. The number of nitrogens with two attached hydrogens (primary N) is 1. The van der Waals surface area contributed by atoms with Gasteiger partial charge in [-0.2, -0.15) is 0 Å². The van der Waals surface area contributed by atoms with Crippen molar-refractivity contribution in [3.8, 4) is 11.5 Å². The molecule has 0 atom stereocenters. The van der Waals surface area contributed by atoms with E-state index in [9.17, 15) is 18.8 Å². The molecule has 34 heavy (non-hydrogen) atoms. The first kappa shape index (κ1) is 24.6. The van der Waals surface area contributed by atoms with E-state index in [0.717, 1.165) is 17.4 Å². The standard InChI is InChI=1S/C24H27FN4O5/c1-3-4-12-28-22(26)21(23(31)27-24(28)32)29(14-16-8-5-6-11-19(16)33-2)20(30)15-34-18-10-7-9-17(25)13-18/h5-11,13H,3-4,12,14-15,26H2,1-2H3,(H,27,31,32). The number of nitrogens with one attached hydrogen (secondary N) is 1. The van der Waals surface area contributed by atoms with Crippen LogP contribution in [0.15, 0.2) is 58.1 Å². The second-order valence-electron chi connectivity index (χ2n) is 7.54. The van der Waals surface area contributed by atoms with Gasteiger partial charge in [-0.3, -0.25) is 24.0 Å². The lowest BCUT2D eigenvalue weighted by atomic mass is 10.1. The van der Waals surface area contributed by atoms with E-state index >= 15 is 0 Å². The highest BCUT2D eigenvalue weighted by atomic mass is 19.1. The second kappa shape index (κ2) is 11.2. The van der Waals surface area contributed by atoms with Crippen LogP contribution in [0.3, 0.4) is 0 Å². The van der Waals surface area contributed by atoms with Gasteiger partial charge in [-0.1, -0.05) is 37.6 Å². The molecular formula is C24H27FN4O5. The first-order valence-electron chi connectivity index (χ1n) is 10.8. The summed E-state index contributed by atoms with van der Waals surface area (Å²) in [7, 11) is 1.49. The number of carbonyl (C=O) groups is 1. The topological polar surface area (TPSA) is 120 Å². The molecule has 0 saturated heterocycles. The Morgan fingerprint density at radius 3 is 2.65 bits per heavy atom. The molecule has 1 aromatic heterocycles. The van der Waals surface area contributed by atoms with Crippen LogP contribution in [0, 0.1) is 5.82 Å². The minimum atomic E-state index is -0.802. The number of H-pyrrole nitrogens is 1. The zero-order chi connectivity index (χ0) is 24.7. The third-order valence-corrected chi connectivity index (χ3v) is 5.20. The van der Waals surface area contributed by atoms with Crippen LogP contribution in [-0.4, -0.2) is 29.2 Å². The zero-order valence-electron chi connectivity index (χ0n) is 19.0. The largest absolute Gasteiger partial charge is 0.496 e. The fourth-order valence-corrected chi connectivity index (χ4v) is 3.45. The maximum atomic E-state index is 13.5. The van der Waals surface area contributed by atoms with Gasteiger partial charge in [0, 0.05) is 18.2 Å². The SMILES string of the molecule is CCCCn1c(N)c(N(Cc2ccccc2OC)C(=O)COc2cccc(F)c2)c(=O)[nH]c1=O. The molecule has 1 heterocycles. The molecule has 9 nitrogen and oxygen atoms in total. The monoisotopic (exact) mass is 470 g/mol. The Morgan fingerprint density at radius 2 is 1.94 bits per heavy atom. The number of methoxy groups -OCH3 is 1. The Morgan fingerprint density at radius 1 is 1.18 bits per heavy atom. The van der Waals surface area contributed by atoms with E-state index in [1.165, 1.54) is 29.9 Å². The molecule has 0 bridgehead atoms. The number of aromatic nitrogens is 2. The summed E-state index contributed by atoms with van der Waals surface area (Å²) in [5.74, 6) is -0.607. The van der Waals surface area contributed by atoms with Crippen molar-refractivity contribution in [3.63, 3.8) is 0 Å². The summed E-state index contributed by atoms with van der Waals surface area (Å²) in [5.41, 5.74) is 5.22. The summed E-state index contributed by atoms with van der Waals surface area (Å²) in [6.45, 7) is 1.66. The zero-order valence-corrected chi connectivity index (χ0v) is 19.0. The van der Waals surface area contributed by atoms with Crippen molar-refractivity contribution < 1.29 is 18.7 Å². The highest BCUT2D eigenvalue weighted by Crippen LogP contribution is 2.25.